The van der Waals surface area contributed by atoms with Crippen molar-refractivity contribution in [2.45, 2.75) is 26.9 Å². The second-order valence-electron chi connectivity index (χ2n) is 3.66. The maximum Gasteiger partial charge on any atom is 0.233 e. The maximum absolute atomic E-state index is 5.71. The van der Waals surface area contributed by atoms with Crippen LogP contribution in [0.15, 0.2) is 10.7 Å². The van der Waals surface area contributed by atoms with Crippen LogP contribution in [0, 0.1) is 5.92 Å². The van der Waals surface area contributed by atoms with Crippen molar-refractivity contribution in [2.24, 2.45) is 5.92 Å². The van der Waals surface area contributed by atoms with E-state index in [0.717, 1.165) is 4.47 Å². The Morgan fingerprint density at radius 3 is 2.60 bits per heavy atom. The molecule has 0 saturated carbocycles. The average molecular weight is 274 g/mol. The largest absolute Gasteiger partial charge is 0.473 e. The molecule has 0 aliphatic heterocycles. The molecule has 1 aromatic heterocycles. The molecule has 1 heterocycles. The Bertz CT molecular complexity index is 330. The Kier molecular flexibility index (Phi) is 4.32. The van der Waals surface area contributed by atoms with Crippen LogP contribution in [0.25, 0.3) is 0 Å². The molecule has 0 aromatic carbocycles. The Balaban J connectivity index is 2.83. The van der Waals surface area contributed by atoms with Crippen molar-refractivity contribution < 1.29 is 4.74 Å². The van der Waals surface area contributed by atoms with Crippen LogP contribution in [0.4, 0.5) is 5.95 Å². The fourth-order valence-corrected chi connectivity index (χ4v) is 1.15. The number of rotatable bonds is 4. The van der Waals surface area contributed by atoms with Crippen molar-refractivity contribution in [1.29, 1.82) is 0 Å². The van der Waals surface area contributed by atoms with Gasteiger partial charge in [0.15, 0.2) is 0 Å². The molecule has 0 aliphatic rings. The van der Waals surface area contributed by atoms with Gasteiger partial charge in [-0.2, -0.15) is 4.98 Å². The number of ether oxygens (including phenoxy) is 1. The normalized spacial score (nSPS) is 12.7. The average Bonchev–Trinajstić information content (AvgIpc) is 2.21. The van der Waals surface area contributed by atoms with Gasteiger partial charge in [0.2, 0.25) is 11.8 Å². The van der Waals surface area contributed by atoms with Gasteiger partial charge in [-0.1, -0.05) is 13.8 Å². The number of anilines is 1. The van der Waals surface area contributed by atoms with Crippen LogP contribution in [-0.2, 0) is 0 Å². The number of nitrogens with zero attached hydrogens (tertiary/aromatic N) is 2. The lowest BCUT2D eigenvalue weighted by atomic mass is 10.1. The molecule has 1 atom stereocenters. The number of halogens is 1. The summed E-state index contributed by atoms with van der Waals surface area (Å²) in [4.78, 5) is 8.28. The highest BCUT2D eigenvalue weighted by molar-refractivity contribution is 9.10. The minimum absolute atomic E-state index is 0.126. The molecular formula is C10H16BrN3O. The Morgan fingerprint density at radius 1 is 1.40 bits per heavy atom. The summed E-state index contributed by atoms with van der Waals surface area (Å²) < 4.78 is 6.48. The Hall–Kier alpha value is -0.840. The summed E-state index contributed by atoms with van der Waals surface area (Å²) in [6, 6.07) is 0. The molecule has 0 saturated heterocycles. The van der Waals surface area contributed by atoms with Gasteiger partial charge < -0.3 is 10.1 Å². The summed E-state index contributed by atoms with van der Waals surface area (Å²) in [7, 11) is 1.78. The van der Waals surface area contributed by atoms with Crippen LogP contribution in [0.3, 0.4) is 0 Å². The predicted molar refractivity (Wildman–Crippen MR) is 64.2 cm³/mol. The minimum atomic E-state index is 0.126. The molecule has 0 bridgehead atoms. The van der Waals surface area contributed by atoms with Crippen LogP contribution in [-0.4, -0.2) is 23.1 Å². The van der Waals surface area contributed by atoms with E-state index >= 15 is 0 Å². The van der Waals surface area contributed by atoms with Gasteiger partial charge in [-0.25, -0.2) is 4.98 Å². The van der Waals surface area contributed by atoms with Crippen LogP contribution in [0.5, 0.6) is 5.88 Å². The third-order valence-electron chi connectivity index (χ3n) is 2.17. The summed E-state index contributed by atoms with van der Waals surface area (Å²) in [5, 5.41) is 2.87. The topological polar surface area (TPSA) is 47.0 Å². The molecular weight excluding hydrogens is 258 g/mol. The van der Waals surface area contributed by atoms with E-state index < -0.39 is 0 Å². The predicted octanol–water partition coefficient (Wildman–Crippen LogP) is 2.70. The van der Waals surface area contributed by atoms with Gasteiger partial charge in [0.05, 0.1) is 16.8 Å². The van der Waals surface area contributed by atoms with Gasteiger partial charge in [0.1, 0.15) is 0 Å². The molecule has 0 amide bonds. The lowest BCUT2D eigenvalue weighted by Crippen LogP contribution is -2.19. The highest BCUT2D eigenvalue weighted by atomic mass is 79.9. The van der Waals surface area contributed by atoms with E-state index in [1.807, 2.05) is 6.92 Å². The van der Waals surface area contributed by atoms with E-state index in [1.165, 1.54) is 0 Å². The molecule has 0 fully saturated rings. The second kappa shape index (κ2) is 5.30. The Labute approximate surface area is 98.6 Å². The van der Waals surface area contributed by atoms with Crippen LogP contribution in [0.2, 0.25) is 0 Å². The highest BCUT2D eigenvalue weighted by Crippen LogP contribution is 2.24. The number of hydrogen-bond acceptors (Lipinski definition) is 4. The first kappa shape index (κ1) is 12.2. The molecule has 1 unspecified atom stereocenters. The molecule has 1 N–H and O–H groups in total. The smallest absolute Gasteiger partial charge is 0.233 e. The summed E-state index contributed by atoms with van der Waals surface area (Å²) >= 11 is 3.36. The van der Waals surface area contributed by atoms with Crippen molar-refractivity contribution in [3.8, 4) is 5.88 Å². The standard InChI is InChI=1S/C10H16BrN3O/c1-6(2)7(3)15-9-8(11)5-13-10(12-4)14-9/h5-7H,1-4H3,(H,12,13,14). The maximum atomic E-state index is 5.71. The summed E-state index contributed by atoms with van der Waals surface area (Å²) in [5.41, 5.74) is 0. The third kappa shape index (κ3) is 3.34. The molecule has 1 rings (SSSR count). The molecule has 0 aliphatic carbocycles. The van der Waals surface area contributed by atoms with E-state index in [0.29, 0.717) is 17.7 Å². The lowest BCUT2D eigenvalue weighted by Gasteiger charge is -2.18. The van der Waals surface area contributed by atoms with Crippen LogP contribution in [0.1, 0.15) is 20.8 Å². The van der Waals surface area contributed by atoms with Crippen molar-refractivity contribution in [3.05, 3.63) is 10.7 Å². The first-order valence-corrected chi connectivity index (χ1v) is 5.70. The minimum Gasteiger partial charge on any atom is -0.473 e. The monoisotopic (exact) mass is 273 g/mol. The molecule has 4 nitrogen and oxygen atoms in total. The first-order chi connectivity index (χ1) is 7.04. The molecule has 1 aromatic rings. The van der Waals surface area contributed by atoms with Gasteiger partial charge in [0.25, 0.3) is 0 Å². The lowest BCUT2D eigenvalue weighted by molar-refractivity contribution is 0.162. The molecule has 0 radical (unpaired) electrons. The quantitative estimate of drug-likeness (QED) is 0.917. The van der Waals surface area contributed by atoms with E-state index in [2.05, 4.69) is 45.1 Å². The van der Waals surface area contributed by atoms with Gasteiger partial charge in [0, 0.05) is 7.05 Å². The molecule has 15 heavy (non-hydrogen) atoms. The number of aromatic nitrogens is 2. The number of hydrogen-bond donors (Lipinski definition) is 1. The summed E-state index contributed by atoms with van der Waals surface area (Å²) in [5.74, 6) is 1.59. The molecule has 5 heteroatoms. The highest BCUT2D eigenvalue weighted by Gasteiger charge is 2.12. The van der Waals surface area contributed by atoms with Crippen molar-refractivity contribution >= 4 is 21.9 Å². The van der Waals surface area contributed by atoms with Crippen molar-refractivity contribution in [3.63, 3.8) is 0 Å². The summed E-state index contributed by atoms with van der Waals surface area (Å²) in [6.45, 7) is 6.25. The van der Waals surface area contributed by atoms with Gasteiger partial charge in [-0.3, -0.25) is 0 Å². The van der Waals surface area contributed by atoms with Gasteiger partial charge in [-0.05, 0) is 28.8 Å². The molecule has 0 spiro atoms. The zero-order chi connectivity index (χ0) is 11.4. The van der Waals surface area contributed by atoms with E-state index in [9.17, 15) is 0 Å². The van der Waals surface area contributed by atoms with Crippen molar-refractivity contribution in [2.75, 3.05) is 12.4 Å². The van der Waals surface area contributed by atoms with E-state index in [-0.39, 0.29) is 6.10 Å². The van der Waals surface area contributed by atoms with Crippen LogP contribution >= 0.6 is 15.9 Å². The fraction of sp³-hybridized carbons (Fsp3) is 0.600. The van der Waals surface area contributed by atoms with Gasteiger partial charge in [-0.15, -0.1) is 0 Å². The third-order valence-corrected chi connectivity index (χ3v) is 2.72. The van der Waals surface area contributed by atoms with Gasteiger partial charge >= 0.3 is 0 Å². The zero-order valence-electron chi connectivity index (χ0n) is 9.41. The molecule has 84 valence electrons. The summed E-state index contributed by atoms with van der Waals surface area (Å²) in [6.07, 6.45) is 1.81. The van der Waals surface area contributed by atoms with E-state index in [4.69, 9.17) is 4.74 Å². The zero-order valence-corrected chi connectivity index (χ0v) is 11.0. The van der Waals surface area contributed by atoms with E-state index in [1.54, 1.807) is 13.2 Å². The Morgan fingerprint density at radius 2 is 2.07 bits per heavy atom. The number of nitrogens with one attached hydrogen (secondary N) is 1. The first-order valence-electron chi connectivity index (χ1n) is 4.91. The fourth-order valence-electron chi connectivity index (χ4n) is 0.867. The van der Waals surface area contributed by atoms with Crippen molar-refractivity contribution in [1.82, 2.24) is 9.97 Å². The van der Waals surface area contributed by atoms with Crippen LogP contribution < -0.4 is 10.1 Å². The second-order valence-corrected chi connectivity index (χ2v) is 4.52. The SMILES string of the molecule is CNc1ncc(Br)c(OC(C)C(C)C)n1.